The van der Waals surface area contributed by atoms with Crippen LogP contribution in [0, 0.1) is 5.92 Å². The second kappa shape index (κ2) is 6.94. The van der Waals surface area contributed by atoms with Gasteiger partial charge in [-0.1, -0.05) is 12.1 Å². The van der Waals surface area contributed by atoms with Gasteiger partial charge in [-0.05, 0) is 30.4 Å². The van der Waals surface area contributed by atoms with Crippen LogP contribution in [0.15, 0.2) is 36.8 Å². The van der Waals surface area contributed by atoms with Crippen LogP contribution >= 0.6 is 0 Å². The Hall–Kier alpha value is -3.75. The minimum Gasteiger partial charge on any atom is -0.368 e. The molecule has 3 aromatic heterocycles. The van der Waals surface area contributed by atoms with Gasteiger partial charge in [0, 0.05) is 35.1 Å². The van der Waals surface area contributed by atoms with Crippen molar-refractivity contribution in [2.75, 3.05) is 17.7 Å². The van der Waals surface area contributed by atoms with E-state index in [4.69, 9.17) is 11.5 Å². The SMILES string of the molecule is NC(=O)c1cnc(NC(CF)C2CC2)c2c1[nH]c1cc(-c3cnc(N)nc3)ccc12. The number of benzene rings is 1. The van der Waals surface area contributed by atoms with Crippen molar-refractivity contribution in [2.45, 2.75) is 18.9 Å². The average Bonchev–Trinajstić information content (AvgIpc) is 3.51. The number of halogens is 1. The lowest BCUT2D eigenvalue weighted by Gasteiger charge is -2.16. The number of primary amides is 1. The Kier molecular flexibility index (Phi) is 4.23. The molecule has 1 amide bonds. The topological polar surface area (TPSA) is 136 Å². The van der Waals surface area contributed by atoms with Gasteiger partial charge in [0.25, 0.3) is 5.91 Å². The largest absolute Gasteiger partial charge is 0.368 e. The first kappa shape index (κ1) is 18.3. The number of aromatic nitrogens is 4. The van der Waals surface area contributed by atoms with Crippen molar-refractivity contribution >= 4 is 39.5 Å². The molecule has 3 heterocycles. The molecule has 1 fully saturated rings. The number of nitrogens with zero attached hydrogens (tertiary/aromatic N) is 3. The van der Waals surface area contributed by atoms with Crippen molar-refractivity contribution in [1.29, 1.82) is 0 Å². The summed E-state index contributed by atoms with van der Waals surface area (Å²) in [6.07, 6.45) is 6.74. The summed E-state index contributed by atoms with van der Waals surface area (Å²) in [6, 6.07) is 5.50. The van der Waals surface area contributed by atoms with E-state index in [1.165, 1.54) is 6.20 Å². The average molecular weight is 405 g/mol. The van der Waals surface area contributed by atoms with Crippen LogP contribution in [0.3, 0.4) is 0 Å². The fourth-order valence-corrected chi connectivity index (χ4v) is 3.82. The Labute approximate surface area is 170 Å². The number of H-pyrrole nitrogens is 1. The first-order valence-corrected chi connectivity index (χ1v) is 9.69. The van der Waals surface area contributed by atoms with Gasteiger partial charge in [-0.2, -0.15) is 0 Å². The summed E-state index contributed by atoms with van der Waals surface area (Å²) >= 11 is 0. The Morgan fingerprint density at radius 3 is 2.63 bits per heavy atom. The van der Waals surface area contributed by atoms with E-state index >= 15 is 0 Å². The molecule has 1 atom stereocenters. The third kappa shape index (κ3) is 3.08. The summed E-state index contributed by atoms with van der Waals surface area (Å²) in [5.74, 6) is 0.475. The van der Waals surface area contributed by atoms with Crippen molar-refractivity contribution in [3.63, 3.8) is 0 Å². The quantitative estimate of drug-likeness (QED) is 0.389. The number of hydrogen-bond donors (Lipinski definition) is 4. The summed E-state index contributed by atoms with van der Waals surface area (Å²) in [7, 11) is 0. The van der Waals surface area contributed by atoms with Crippen LogP contribution in [0.5, 0.6) is 0 Å². The maximum atomic E-state index is 13.6. The van der Waals surface area contributed by atoms with Gasteiger partial charge in [-0.25, -0.2) is 19.3 Å². The number of anilines is 2. The van der Waals surface area contributed by atoms with E-state index in [2.05, 4.69) is 25.3 Å². The van der Waals surface area contributed by atoms with Crippen molar-refractivity contribution in [2.24, 2.45) is 11.7 Å². The standard InChI is InChI=1S/C21H20FN7O/c22-6-16(10-1-2-10)29-20-17-13-4-3-11(12-7-26-21(24)27-8-12)5-15(13)28-18(17)14(9-25-20)19(23)30/h3-5,7-10,16,28H,1-2,6H2,(H2,23,30)(H,25,29)(H2,24,26,27). The number of fused-ring (bicyclic) bond motifs is 3. The summed E-state index contributed by atoms with van der Waals surface area (Å²) < 4.78 is 13.6. The molecule has 1 aliphatic rings. The predicted octanol–water partition coefficient (Wildman–Crippen LogP) is 3.01. The fraction of sp³-hybridized carbons (Fsp3) is 0.238. The zero-order valence-corrected chi connectivity index (χ0v) is 16.0. The minimum atomic E-state index is -0.581. The predicted molar refractivity (Wildman–Crippen MR) is 114 cm³/mol. The lowest BCUT2D eigenvalue weighted by atomic mass is 10.1. The molecular formula is C21H20FN7O. The zero-order chi connectivity index (χ0) is 20.8. The minimum absolute atomic E-state index is 0.205. The summed E-state index contributed by atoms with van der Waals surface area (Å²) in [6.45, 7) is -0.477. The van der Waals surface area contributed by atoms with Crippen LogP contribution in [0.1, 0.15) is 23.2 Å². The molecule has 0 spiro atoms. The first-order valence-electron chi connectivity index (χ1n) is 9.69. The molecule has 0 bridgehead atoms. The van der Waals surface area contributed by atoms with E-state index in [1.54, 1.807) is 12.4 Å². The molecule has 5 rings (SSSR count). The number of pyridine rings is 1. The summed E-state index contributed by atoms with van der Waals surface area (Å²) in [5.41, 5.74) is 14.5. The molecule has 9 heteroatoms. The van der Waals surface area contributed by atoms with Crippen LogP contribution in [-0.4, -0.2) is 38.6 Å². The molecule has 1 saturated carbocycles. The number of nitrogens with one attached hydrogen (secondary N) is 2. The lowest BCUT2D eigenvalue weighted by molar-refractivity contribution is 0.100. The number of carbonyl (C=O) groups is 1. The van der Waals surface area contributed by atoms with Gasteiger partial charge < -0.3 is 21.8 Å². The van der Waals surface area contributed by atoms with Gasteiger partial charge in [0.05, 0.1) is 22.5 Å². The number of hydrogen-bond acceptors (Lipinski definition) is 6. The maximum absolute atomic E-state index is 13.6. The maximum Gasteiger partial charge on any atom is 0.252 e. The van der Waals surface area contributed by atoms with Gasteiger partial charge >= 0.3 is 0 Å². The Balaban J connectivity index is 1.68. The molecule has 0 radical (unpaired) electrons. The second-order valence-electron chi connectivity index (χ2n) is 7.59. The van der Waals surface area contributed by atoms with E-state index in [1.807, 2.05) is 18.2 Å². The summed E-state index contributed by atoms with van der Waals surface area (Å²) in [5, 5.41) is 4.82. The highest BCUT2D eigenvalue weighted by molar-refractivity contribution is 6.18. The fourth-order valence-electron chi connectivity index (χ4n) is 3.82. The Morgan fingerprint density at radius 2 is 1.97 bits per heavy atom. The highest BCUT2D eigenvalue weighted by Crippen LogP contribution is 2.38. The van der Waals surface area contributed by atoms with Gasteiger partial charge in [-0.3, -0.25) is 4.79 Å². The molecule has 152 valence electrons. The van der Waals surface area contributed by atoms with E-state index < -0.39 is 12.6 Å². The number of alkyl halides is 1. The molecule has 6 N–H and O–H groups in total. The molecule has 0 aliphatic heterocycles. The summed E-state index contributed by atoms with van der Waals surface area (Å²) in [4.78, 5) is 27.7. The lowest BCUT2D eigenvalue weighted by Crippen LogP contribution is -2.25. The third-order valence-electron chi connectivity index (χ3n) is 5.58. The number of nitrogens with two attached hydrogens (primary N) is 2. The van der Waals surface area contributed by atoms with Crippen LogP contribution in [-0.2, 0) is 0 Å². The molecule has 4 aromatic rings. The smallest absolute Gasteiger partial charge is 0.252 e. The molecule has 8 nitrogen and oxygen atoms in total. The zero-order valence-electron chi connectivity index (χ0n) is 16.0. The van der Waals surface area contributed by atoms with Gasteiger partial charge in [0.15, 0.2) is 0 Å². The van der Waals surface area contributed by atoms with Crippen molar-refractivity contribution in [3.8, 4) is 11.1 Å². The van der Waals surface area contributed by atoms with Crippen LogP contribution < -0.4 is 16.8 Å². The van der Waals surface area contributed by atoms with Gasteiger partial charge in [0.2, 0.25) is 5.95 Å². The van der Waals surface area contributed by atoms with E-state index in [-0.39, 0.29) is 17.6 Å². The normalized spacial score (nSPS) is 14.8. The van der Waals surface area contributed by atoms with Crippen molar-refractivity contribution in [1.82, 2.24) is 19.9 Å². The number of nitrogen functional groups attached to an aromatic ring is 1. The van der Waals surface area contributed by atoms with Gasteiger partial charge in [-0.15, -0.1) is 0 Å². The van der Waals surface area contributed by atoms with Crippen LogP contribution in [0.4, 0.5) is 16.2 Å². The first-order chi connectivity index (χ1) is 14.5. The number of rotatable bonds is 6. The third-order valence-corrected chi connectivity index (χ3v) is 5.58. The van der Waals surface area contributed by atoms with Crippen LogP contribution in [0.2, 0.25) is 0 Å². The number of amides is 1. The van der Waals surface area contributed by atoms with E-state index in [0.717, 1.165) is 40.3 Å². The van der Waals surface area contributed by atoms with Crippen molar-refractivity contribution < 1.29 is 9.18 Å². The molecular weight excluding hydrogens is 385 g/mol. The van der Waals surface area contributed by atoms with Gasteiger partial charge in [0.1, 0.15) is 12.5 Å². The highest BCUT2D eigenvalue weighted by atomic mass is 19.1. The molecule has 1 aliphatic carbocycles. The number of carbonyl (C=O) groups excluding carboxylic acids is 1. The molecule has 0 saturated heterocycles. The van der Waals surface area contributed by atoms with E-state index in [9.17, 15) is 9.18 Å². The highest BCUT2D eigenvalue weighted by Gasteiger charge is 2.32. The Bertz CT molecular complexity index is 1260. The molecule has 1 aromatic carbocycles. The Morgan fingerprint density at radius 1 is 1.20 bits per heavy atom. The molecule has 1 unspecified atom stereocenters. The molecule has 30 heavy (non-hydrogen) atoms. The van der Waals surface area contributed by atoms with Crippen molar-refractivity contribution in [3.05, 3.63) is 42.4 Å². The second-order valence-corrected chi connectivity index (χ2v) is 7.59. The number of aromatic amines is 1. The monoisotopic (exact) mass is 405 g/mol. The van der Waals surface area contributed by atoms with Crippen LogP contribution in [0.25, 0.3) is 32.9 Å². The van der Waals surface area contributed by atoms with E-state index in [0.29, 0.717) is 17.3 Å².